The van der Waals surface area contributed by atoms with Gasteiger partial charge in [0.05, 0.1) is 36.9 Å². The number of ketones is 1. The fourth-order valence-electron chi connectivity index (χ4n) is 12.3. The van der Waals surface area contributed by atoms with Crippen molar-refractivity contribution in [2.45, 2.75) is 160 Å². The highest BCUT2D eigenvalue weighted by molar-refractivity contribution is 6.77. The third kappa shape index (κ3) is 7.62. The number of fused-ring (bicyclic) bond motifs is 5. The minimum Gasteiger partial charge on any atom is -0.472 e. The Morgan fingerprint density at radius 3 is 2.11 bits per heavy atom. The molecule has 360 valence electrons. The number of carbonyl (C=O) groups excluding carboxylic acids is 5. The smallest absolute Gasteiger partial charge is 0.341 e. The zero-order valence-electron chi connectivity index (χ0n) is 39.9. The molecule has 0 aromatic carbocycles. The molecule has 7 rings (SSSR count). The molecule has 3 N–H and O–H groups in total. The molecule has 0 spiro atoms. The Morgan fingerprint density at radius 2 is 1.58 bits per heavy atom. The van der Waals surface area contributed by atoms with Crippen molar-refractivity contribution >= 4 is 37.9 Å². The lowest BCUT2D eigenvalue weighted by molar-refractivity contribution is -0.340. The molecule has 16 nitrogen and oxygen atoms in total. The lowest BCUT2D eigenvalue weighted by atomic mass is 9.43. The molecule has 3 aromatic rings. The molecule has 3 fully saturated rings. The van der Waals surface area contributed by atoms with Crippen LogP contribution in [-0.4, -0.2) is 96.5 Å². The van der Waals surface area contributed by atoms with Crippen molar-refractivity contribution < 1.29 is 70.8 Å². The maximum absolute atomic E-state index is 15.5. The van der Waals surface area contributed by atoms with Crippen molar-refractivity contribution in [1.29, 1.82) is 0 Å². The molecule has 1 aliphatic heterocycles. The van der Waals surface area contributed by atoms with Crippen LogP contribution in [-0.2, 0) is 37.8 Å². The van der Waals surface area contributed by atoms with E-state index in [9.17, 15) is 24.6 Å². The van der Waals surface area contributed by atoms with Gasteiger partial charge >= 0.3 is 17.9 Å². The van der Waals surface area contributed by atoms with Gasteiger partial charge < -0.3 is 52.2 Å². The highest BCUT2D eigenvalue weighted by Gasteiger charge is 2.77. The average Bonchev–Trinajstić information content (AvgIpc) is 4.07. The molecule has 11 atom stereocenters. The van der Waals surface area contributed by atoms with Gasteiger partial charge in [-0.3, -0.25) is 14.4 Å². The number of esters is 3. The van der Waals surface area contributed by atoms with Crippen molar-refractivity contribution in [3.05, 3.63) is 83.6 Å². The Labute approximate surface area is 386 Å². The minimum absolute atomic E-state index is 0.0118. The normalized spacial score (nSPS) is 31.5. The van der Waals surface area contributed by atoms with Crippen LogP contribution in [0.2, 0.25) is 16.6 Å². The van der Waals surface area contributed by atoms with Crippen LogP contribution in [0.1, 0.15) is 129 Å². The summed E-state index contributed by atoms with van der Waals surface area (Å²) in [6.07, 6.45) is -2.15. The molecule has 3 aliphatic carbocycles. The van der Waals surface area contributed by atoms with Gasteiger partial charge in [-0.15, -0.1) is 0 Å². The summed E-state index contributed by atoms with van der Waals surface area (Å²) < 4.78 is 49.1. The van der Waals surface area contributed by atoms with Crippen LogP contribution >= 0.6 is 0 Å². The molecule has 2 bridgehead atoms. The van der Waals surface area contributed by atoms with Gasteiger partial charge in [-0.05, 0) is 77.4 Å². The van der Waals surface area contributed by atoms with Gasteiger partial charge in [-0.2, -0.15) is 0 Å². The zero-order valence-corrected chi connectivity index (χ0v) is 40.9. The van der Waals surface area contributed by atoms with Crippen LogP contribution in [0.25, 0.3) is 0 Å². The second-order valence-electron chi connectivity index (χ2n) is 20.4. The number of carbonyl (C=O) groups is 5. The SMILES string of the molecule is CC(=O)O[C@@]12CO[C@@H]1C[C@H](C)[C@@]1(C)C(=O)[C@H](O)C3=C(C)[C@@H](OC(=O)[C@H](O[Si](C(C)C)(C(C)C)C(C)C)[C@@H](NC(=O)c4ccco4)c4ccco4)C[C@@](O)([C@@H](OC(=O)c4ccoc4)[C@H]21)C3(C)C. The molecule has 0 radical (unpaired) electrons. The molecule has 4 heterocycles. The summed E-state index contributed by atoms with van der Waals surface area (Å²) in [4.78, 5) is 72.0. The lowest BCUT2D eigenvalue weighted by Gasteiger charge is -2.68. The highest BCUT2D eigenvalue weighted by Crippen LogP contribution is 2.65. The van der Waals surface area contributed by atoms with E-state index in [1.54, 1.807) is 45.9 Å². The van der Waals surface area contributed by atoms with Crippen LogP contribution in [0, 0.1) is 22.7 Å². The molecule has 66 heavy (non-hydrogen) atoms. The Morgan fingerprint density at radius 1 is 0.924 bits per heavy atom. The molecule has 17 heteroatoms. The third-order valence-corrected chi connectivity index (χ3v) is 21.9. The van der Waals surface area contributed by atoms with Crippen LogP contribution < -0.4 is 5.32 Å². The Balaban J connectivity index is 1.41. The summed E-state index contributed by atoms with van der Waals surface area (Å²) in [7, 11) is -3.03. The second-order valence-corrected chi connectivity index (χ2v) is 25.8. The Kier molecular flexibility index (Phi) is 13.2. The van der Waals surface area contributed by atoms with Gasteiger partial charge in [0, 0.05) is 24.2 Å². The third-order valence-electron chi connectivity index (χ3n) is 15.8. The standard InChI is InChI=1S/C49H65NO15Si/c1-25(2)66(26(3)4,27(5)6)65-39(37(32-15-13-18-59-32)50-43(54)33-16-14-19-60-33)45(56)62-34-22-49(57)42(63-44(55)31-17-20-58-23-31)40-47(12,41(53)38(52)36(29(34)8)46(49,10)11)28(7)21-35-48(40,24-61-35)64-30(9)51/h13-20,23,25-28,34-35,37-40,42,52,57H,21-22,24H2,1-12H3,(H,50,54)/t28-,34-,35+,37-,38+,39+,40-,42-,47+,48-,49+/m0/s1. The van der Waals surface area contributed by atoms with E-state index < -0.39 is 115 Å². The zero-order chi connectivity index (χ0) is 48.5. The number of hydrogen-bond acceptors (Lipinski definition) is 15. The molecular formula is C49H65NO15Si. The summed E-state index contributed by atoms with van der Waals surface area (Å²) in [5.74, 6) is -5.52. The van der Waals surface area contributed by atoms with Crippen LogP contribution in [0.3, 0.4) is 0 Å². The second kappa shape index (κ2) is 17.7. The van der Waals surface area contributed by atoms with Crippen molar-refractivity contribution in [3.63, 3.8) is 0 Å². The van der Waals surface area contributed by atoms with Gasteiger partial charge in [-0.25, -0.2) is 9.59 Å². The molecule has 4 aliphatic rings. The van der Waals surface area contributed by atoms with Crippen molar-refractivity contribution in [2.24, 2.45) is 22.7 Å². The average molecular weight is 936 g/mol. The summed E-state index contributed by atoms with van der Waals surface area (Å²) >= 11 is 0. The maximum Gasteiger partial charge on any atom is 0.341 e. The highest BCUT2D eigenvalue weighted by atomic mass is 28.4. The minimum atomic E-state index is -3.03. The number of Topliss-reactive ketones (excluding diaryl/α,β-unsaturated/α-hetero) is 1. The van der Waals surface area contributed by atoms with Gasteiger partial charge in [0.15, 0.2) is 23.2 Å². The first-order valence-electron chi connectivity index (χ1n) is 22.9. The number of rotatable bonds is 14. The monoisotopic (exact) mass is 935 g/mol. The number of hydrogen-bond donors (Lipinski definition) is 3. The van der Waals surface area contributed by atoms with E-state index in [1.807, 2.05) is 48.5 Å². The van der Waals surface area contributed by atoms with Gasteiger partial charge in [0.25, 0.3) is 5.91 Å². The molecule has 3 aromatic heterocycles. The molecule has 2 saturated carbocycles. The Bertz CT molecular complexity index is 2290. The quantitative estimate of drug-likeness (QED) is 0.0619. The van der Waals surface area contributed by atoms with E-state index in [1.165, 1.54) is 44.1 Å². The largest absolute Gasteiger partial charge is 0.472 e. The van der Waals surface area contributed by atoms with E-state index >= 15 is 9.59 Å². The maximum atomic E-state index is 15.5. The van der Waals surface area contributed by atoms with E-state index in [2.05, 4.69) is 5.32 Å². The predicted octanol–water partition coefficient (Wildman–Crippen LogP) is 7.42. The Hall–Kier alpha value is -4.81. The fraction of sp³-hybridized carbons (Fsp3) is 0.612. The topological polar surface area (TPSA) is 223 Å². The first-order valence-corrected chi connectivity index (χ1v) is 25.0. The summed E-state index contributed by atoms with van der Waals surface area (Å²) in [6.45, 7) is 21.7. The molecular weight excluding hydrogens is 871 g/mol. The number of amides is 1. The van der Waals surface area contributed by atoms with Crippen LogP contribution in [0.4, 0.5) is 0 Å². The van der Waals surface area contributed by atoms with E-state index in [4.69, 9.17) is 36.6 Å². The van der Waals surface area contributed by atoms with Crippen LogP contribution in [0.5, 0.6) is 0 Å². The van der Waals surface area contributed by atoms with Gasteiger partial charge in [-0.1, -0.05) is 69.2 Å². The van der Waals surface area contributed by atoms with E-state index in [-0.39, 0.29) is 57.9 Å². The first-order chi connectivity index (χ1) is 30.9. The van der Waals surface area contributed by atoms with E-state index in [0.717, 1.165) is 0 Å². The number of furan rings is 3. The summed E-state index contributed by atoms with van der Waals surface area (Å²) in [5.41, 5.74) is -6.76. The molecule has 0 unspecified atom stereocenters. The fourth-order valence-corrected chi connectivity index (χ4v) is 17.8. The van der Waals surface area contributed by atoms with Crippen molar-refractivity contribution in [2.75, 3.05) is 6.61 Å². The lowest BCUT2D eigenvalue weighted by Crippen LogP contribution is -2.80. The number of nitrogens with one attached hydrogen (secondary N) is 1. The van der Waals surface area contributed by atoms with Crippen molar-refractivity contribution in [1.82, 2.24) is 5.32 Å². The predicted molar refractivity (Wildman–Crippen MR) is 238 cm³/mol. The summed E-state index contributed by atoms with van der Waals surface area (Å²) in [6, 6.07) is 6.39. The number of aliphatic hydroxyl groups is 2. The molecule has 1 amide bonds. The summed E-state index contributed by atoms with van der Waals surface area (Å²) in [5, 5.41) is 29.3. The first kappa shape index (κ1) is 49.1. The molecule has 1 saturated heterocycles. The van der Waals surface area contributed by atoms with Crippen LogP contribution in [0.15, 0.2) is 79.8 Å². The van der Waals surface area contributed by atoms with Gasteiger partial charge in [0.1, 0.15) is 48.1 Å². The number of ether oxygens (including phenoxy) is 4. The van der Waals surface area contributed by atoms with Crippen molar-refractivity contribution in [3.8, 4) is 0 Å². The number of aliphatic hydroxyl groups excluding tert-OH is 1. The van der Waals surface area contributed by atoms with E-state index in [0.29, 0.717) is 0 Å². The van der Waals surface area contributed by atoms with Gasteiger partial charge in [0.2, 0.25) is 8.32 Å².